The predicted octanol–water partition coefficient (Wildman–Crippen LogP) is 15.7. The Morgan fingerprint density at radius 3 is 0.934 bits per heavy atom. The fourth-order valence-electron chi connectivity index (χ4n) is 6.10. The molecule has 0 bridgehead atoms. The lowest BCUT2D eigenvalue weighted by atomic mass is 10.1. The molecule has 0 aromatic rings. The molecule has 0 heterocycles. The molecule has 0 saturated carbocycles. The van der Waals surface area contributed by atoms with Crippen molar-refractivity contribution in [1.82, 2.24) is 0 Å². The molecule has 0 rings (SSSR count). The summed E-state index contributed by atoms with van der Waals surface area (Å²) in [6.45, 7) is 6.16. The topological polar surface area (TPSA) is 78.9 Å². The van der Waals surface area contributed by atoms with Crippen LogP contribution in [0.3, 0.4) is 0 Å². The van der Waals surface area contributed by atoms with Gasteiger partial charge in [0.15, 0.2) is 6.10 Å². The van der Waals surface area contributed by atoms with Crippen LogP contribution >= 0.6 is 0 Å². The molecule has 0 aliphatic heterocycles. The highest BCUT2D eigenvalue weighted by Gasteiger charge is 2.19. The molecule has 0 aromatic heterocycles. The van der Waals surface area contributed by atoms with Gasteiger partial charge in [-0.2, -0.15) is 0 Å². The maximum atomic E-state index is 12.8. The minimum absolute atomic E-state index is 0.106. The highest BCUT2D eigenvalue weighted by molar-refractivity contribution is 5.71. The number of ether oxygens (including phenoxy) is 3. The predicted molar refractivity (Wildman–Crippen MR) is 260 cm³/mol. The molecule has 0 radical (unpaired) electrons. The van der Waals surface area contributed by atoms with E-state index in [1.54, 1.807) is 0 Å². The third-order valence-electron chi connectivity index (χ3n) is 9.66. The molecule has 6 nitrogen and oxygen atoms in total. The molecule has 0 amide bonds. The highest BCUT2D eigenvalue weighted by atomic mass is 16.6. The van der Waals surface area contributed by atoms with Crippen LogP contribution in [0.2, 0.25) is 0 Å². The Morgan fingerprint density at radius 1 is 0.328 bits per heavy atom. The molecule has 0 saturated heterocycles. The number of allylic oxidation sites excluding steroid dienone is 20. The first kappa shape index (κ1) is 56.8. The summed E-state index contributed by atoms with van der Waals surface area (Å²) < 4.78 is 16.7. The maximum absolute atomic E-state index is 12.8. The molecule has 0 spiro atoms. The minimum Gasteiger partial charge on any atom is -0.462 e. The Labute approximate surface area is 373 Å². The van der Waals surface area contributed by atoms with Gasteiger partial charge >= 0.3 is 17.9 Å². The van der Waals surface area contributed by atoms with Crippen LogP contribution in [0.1, 0.15) is 188 Å². The lowest BCUT2D eigenvalue weighted by Crippen LogP contribution is -2.30. The third kappa shape index (κ3) is 46.7. The van der Waals surface area contributed by atoms with Crippen molar-refractivity contribution in [2.45, 2.75) is 194 Å². The molecule has 1 unspecified atom stereocenters. The van der Waals surface area contributed by atoms with E-state index in [-0.39, 0.29) is 31.1 Å². The van der Waals surface area contributed by atoms with E-state index in [2.05, 4.69) is 106 Å². The largest absolute Gasteiger partial charge is 0.462 e. The summed E-state index contributed by atoms with van der Waals surface area (Å²) in [5.74, 6) is -0.981. The van der Waals surface area contributed by atoms with E-state index in [1.807, 2.05) is 36.5 Å². The van der Waals surface area contributed by atoms with E-state index in [0.29, 0.717) is 19.3 Å². The van der Waals surface area contributed by atoms with Crippen LogP contribution in [0.15, 0.2) is 122 Å². The second-order valence-corrected chi connectivity index (χ2v) is 15.4. The molecule has 0 fully saturated rings. The summed E-state index contributed by atoms with van der Waals surface area (Å²) in [4.78, 5) is 37.9. The van der Waals surface area contributed by atoms with Crippen LogP contribution in [0, 0.1) is 0 Å². The monoisotopic (exact) mass is 843 g/mol. The number of unbranched alkanes of at least 4 members (excludes halogenated alkanes) is 17. The van der Waals surface area contributed by atoms with Crippen LogP contribution in [0.25, 0.3) is 0 Å². The van der Waals surface area contributed by atoms with Crippen molar-refractivity contribution in [3.8, 4) is 0 Å². The Hall–Kier alpha value is -4.19. The molecular weight excluding hydrogens is 757 g/mol. The maximum Gasteiger partial charge on any atom is 0.306 e. The fraction of sp³-hybridized carbons (Fsp3) is 0.582. The SMILES string of the molecule is CC/C=C/C=C/C=C/C=C/CCCCCC(=O)OCC(COC(=O)CCCCCCCCC/C=C/C=C/C=C/CC)OC(=O)CCCCCCCCC/C=C/C=C/C=C/CC. The van der Waals surface area contributed by atoms with E-state index in [9.17, 15) is 14.4 Å². The van der Waals surface area contributed by atoms with Gasteiger partial charge < -0.3 is 14.2 Å². The summed E-state index contributed by atoms with van der Waals surface area (Å²) in [6.07, 6.45) is 66.1. The fourth-order valence-corrected chi connectivity index (χ4v) is 6.10. The van der Waals surface area contributed by atoms with Crippen molar-refractivity contribution in [3.63, 3.8) is 0 Å². The Kier molecular flexibility index (Phi) is 45.1. The van der Waals surface area contributed by atoms with Crippen molar-refractivity contribution in [3.05, 3.63) is 122 Å². The van der Waals surface area contributed by atoms with Gasteiger partial charge in [-0.1, -0.05) is 213 Å². The van der Waals surface area contributed by atoms with Gasteiger partial charge in [0.25, 0.3) is 0 Å². The zero-order chi connectivity index (χ0) is 44.4. The molecule has 0 aliphatic rings. The van der Waals surface area contributed by atoms with Crippen molar-refractivity contribution in [2.24, 2.45) is 0 Å². The second-order valence-electron chi connectivity index (χ2n) is 15.4. The van der Waals surface area contributed by atoms with Crippen molar-refractivity contribution in [1.29, 1.82) is 0 Å². The van der Waals surface area contributed by atoms with E-state index in [1.165, 1.54) is 44.9 Å². The average Bonchev–Trinajstić information content (AvgIpc) is 3.26. The van der Waals surface area contributed by atoms with Crippen LogP contribution < -0.4 is 0 Å². The lowest BCUT2D eigenvalue weighted by Gasteiger charge is -2.18. The van der Waals surface area contributed by atoms with Gasteiger partial charge in [-0.05, 0) is 77.0 Å². The van der Waals surface area contributed by atoms with Gasteiger partial charge in [0.05, 0.1) is 0 Å². The smallest absolute Gasteiger partial charge is 0.306 e. The molecule has 0 N–H and O–H groups in total. The second kappa shape index (κ2) is 48.5. The van der Waals surface area contributed by atoms with Gasteiger partial charge in [0.2, 0.25) is 0 Å². The summed E-state index contributed by atoms with van der Waals surface area (Å²) >= 11 is 0. The quantitative estimate of drug-likeness (QED) is 0.0264. The summed E-state index contributed by atoms with van der Waals surface area (Å²) in [5.41, 5.74) is 0. The summed E-state index contributed by atoms with van der Waals surface area (Å²) in [7, 11) is 0. The standard InChI is InChI=1S/C55H86O6/c1-4-7-10-13-16-19-22-25-27-30-33-36-39-42-45-48-54(57)60-51-52(50-59-53(56)47-44-41-38-35-32-29-24-21-18-15-12-9-6-3)61-55(58)49-46-43-40-37-34-31-28-26-23-20-17-14-11-8-5-2/h7-24,29,32,52H,4-6,25-28,30-31,33-51H2,1-3H3/b10-7+,11-8+,12-9+,16-13+,17-14+,18-15+,22-19+,23-20+,24-21+,32-29+. The zero-order valence-electron chi connectivity index (χ0n) is 38.9. The number of hydrogen-bond donors (Lipinski definition) is 0. The van der Waals surface area contributed by atoms with E-state index < -0.39 is 6.10 Å². The Morgan fingerprint density at radius 2 is 0.590 bits per heavy atom. The minimum atomic E-state index is -0.808. The van der Waals surface area contributed by atoms with Crippen LogP contribution in [0.5, 0.6) is 0 Å². The number of rotatable bonds is 41. The molecule has 0 aliphatic carbocycles. The average molecular weight is 843 g/mol. The number of carbonyl (C=O) groups is 3. The molecule has 0 aromatic carbocycles. The van der Waals surface area contributed by atoms with Gasteiger partial charge in [-0.15, -0.1) is 0 Å². The Bertz CT molecular complexity index is 1340. The van der Waals surface area contributed by atoms with Gasteiger partial charge in [0, 0.05) is 19.3 Å². The Balaban J connectivity index is 4.51. The first-order valence-electron chi connectivity index (χ1n) is 24.2. The van der Waals surface area contributed by atoms with Gasteiger partial charge in [-0.3, -0.25) is 14.4 Å². The van der Waals surface area contributed by atoms with Crippen LogP contribution in [-0.2, 0) is 28.6 Å². The third-order valence-corrected chi connectivity index (χ3v) is 9.66. The van der Waals surface area contributed by atoms with Gasteiger partial charge in [0.1, 0.15) is 13.2 Å². The molecule has 61 heavy (non-hydrogen) atoms. The first-order valence-corrected chi connectivity index (χ1v) is 24.2. The molecule has 342 valence electrons. The number of hydrogen-bond acceptors (Lipinski definition) is 6. The molecular formula is C55H86O6. The summed E-state index contributed by atoms with van der Waals surface area (Å²) in [6, 6.07) is 0. The van der Waals surface area contributed by atoms with Crippen LogP contribution in [-0.4, -0.2) is 37.2 Å². The van der Waals surface area contributed by atoms with Crippen molar-refractivity contribution >= 4 is 17.9 Å². The highest BCUT2D eigenvalue weighted by Crippen LogP contribution is 2.13. The lowest BCUT2D eigenvalue weighted by molar-refractivity contribution is -0.167. The van der Waals surface area contributed by atoms with Crippen LogP contribution in [0.4, 0.5) is 0 Å². The normalized spacial score (nSPS) is 13.2. The molecule has 1 atom stereocenters. The van der Waals surface area contributed by atoms with E-state index in [0.717, 1.165) is 103 Å². The number of esters is 3. The number of carbonyl (C=O) groups excluding carboxylic acids is 3. The zero-order valence-corrected chi connectivity index (χ0v) is 38.9. The molecule has 6 heteroatoms. The van der Waals surface area contributed by atoms with Crippen molar-refractivity contribution in [2.75, 3.05) is 13.2 Å². The van der Waals surface area contributed by atoms with E-state index in [4.69, 9.17) is 14.2 Å². The first-order chi connectivity index (χ1) is 30.0. The van der Waals surface area contributed by atoms with Crippen molar-refractivity contribution < 1.29 is 28.6 Å². The van der Waals surface area contributed by atoms with Gasteiger partial charge in [-0.25, -0.2) is 0 Å². The summed E-state index contributed by atoms with van der Waals surface area (Å²) in [5, 5.41) is 0. The van der Waals surface area contributed by atoms with E-state index >= 15 is 0 Å².